The van der Waals surface area contributed by atoms with Crippen molar-refractivity contribution in [2.45, 2.75) is 19.5 Å². The van der Waals surface area contributed by atoms with Crippen LogP contribution in [0.3, 0.4) is 0 Å². The third-order valence-electron chi connectivity index (χ3n) is 8.48. The second-order valence-corrected chi connectivity index (χ2v) is 13.3. The largest absolute Gasteiger partial charge is 0.497 e. The number of thiazole rings is 1. The number of hydrogen-bond acceptors (Lipinski definition) is 7. The Morgan fingerprint density at radius 2 is 1.71 bits per heavy atom. The van der Waals surface area contributed by atoms with Crippen LogP contribution in [0.25, 0.3) is 22.7 Å². The van der Waals surface area contributed by atoms with Crippen molar-refractivity contribution >= 4 is 55.9 Å². The molecule has 0 saturated carbocycles. The van der Waals surface area contributed by atoms with Gasteiger partial charge in [-0.15, -0.1) is 0 Å². The van der Waals surface area contributed by atoms with Crippen molar-refractivity contribution in [1.82, 2.24) is 9.13 Å². The highest BCUT2D eigenvalue weighted by molar-refractivity contribution is 9.10. The molecule has 0 radical (unpaired) electrons. The molecule has 8 nitrogen and oxygen atoms in total. The molecule has 0 unspecified atom stereocenters. The van der Waals surface area contributed by atoms with Gasteiger partial charge >= 0.3 is 5.97 Å². The summed E-state index contributed by atoms with van der Waals surface area (Å²) < 4.78 is 22.3. The van der Waals surface area contributed by atoms with Gasteiger partial charge in [-0.25, -0.2) is 9.79 Å². The van der Waals surface area contributed by atoms with Crippen LogP contribution < -0.4 is 24.4 Å². The lowest BCUT2D eigenvalue weighted by Gasteiger charge is -2.27. The molecule has 0 saturated heterocycles. The molecule has 10 heteroatoms. The highest BCUT2D eigenvalue weighted by atomic mass is 79.9. The zero-order valence-corrected chi connectivity index (χ0v) is 29.5. The number of benzene rings is 4. The maximum absolute atomic E-state index is 14.6. The fourth-order valence-electron chi connectivity index (χ4n) is 6.24. The number of esters is 1. The van der Waals surface area contributed by atoms with E-state index < -0.39 is 12.0 Å². The van der Waals surface area contributed by atoms with E-state index in [0.29, 0.717) is 38.6 Å². The topological polar surface area (TPSA) is 84.1 Å². The molecule has 6 aromatic rings. The first kappa shape index (κ1) is 32.4. The van der Waals surface area contributed by atoms with E-state index in [2.05, 4.69) is 51.0 Å². The van der Waals surface area contributed by atoms with Gasteiger partial charge in [0.05, 0.1) is 36.6 Å². The molecule has 0 aliphatic carbocycles. The van der Waals surface area contributed by atoms with Crippen LogP contribution >= 0.6 is 27.3 Å². The molecule has 7 rings (SSSR count). The van der Waals surface area contributed by atoms with Gasteiger partial charge in [0.25, 0.3) is 5.56 Å². The minimum Gasteiger partial charge on any atom is -0.497 e. The minimum atomic E-state index is -0.906. The summed E-state index contributed by atoms with van der Waals surface area (Å²) in [7, 11) is 3.13. The normalized spacial score (nSPS) is 14.4. The first-order valence-corrected chi connectivity index (χ1v) is 17.3. The summed E-state index contributed by atoms with van der Waals surface area (Å²) in [5, 5.41) is 1.02. The van der Waals surface area contributed by atoms with Crippen molar-refractivity contribution in [2.24, 2.45) is 4.99 Å². The van der Waals surface area contributed by atoms with E-state index in [4.69, 9.17) is 19.2 Å². The van der Waals surface area contributed by atoms with Gasteiger partial charge in [0.1, 0.15) is 17.5 Å². The Labute approximate surface area is 295 Å². The standard InChI is InChI=1S/C39H32BrN3O5S/c1-4-48-38(45)34-35(25-10-6-5-7-11-25)41-39-43(36(34)30-21-28(46-2)18-19-32(30)47-3)37(44)33(49-39)20-26-23-42(31-13-9-8-12-29(26)31)22-24-14-16-27(40)17-15-24/h5-21,23,36H,4,22H2,1-3H3/b33-20+/t36-/m1/s1. The zero-order valence-electron chi connectivity index (χ0n) is 27.1. The van der Waals surface area contributed by atoms with Crippen LogP contribution in [0.2, 0.25) is 0 Å². The fraction of sp³-hybridized carbons (Fsp3) is 0.154. The Hall–Kier alpha value is -5.19. The van der Waals surface area contributed by atoms with Crippen molar-refractivity contribution in [3.63, 3.8) is 0 Å². The Morgan fingerprint density at radius 1 is 0.959 bits per heavy atom. The molecule has 0 bridgehead atoms. The van der Waals surface area contributed by atoms with Crippen molar-refractivity contribution < 1.29 is 19.0 Å². The first-order valence-electron chi connectivity index (χ1n) is 15.7. The summed E-state index contributed by atoms with van der Waals surface area (Å²) in [6, 6.07) is 30.3. The molecule has 2 aromatic heterocycles. The summed E-state index contributed by atoms with van der Waals surface area (Å²) in [5.74, 6) is 0.482. The number of halogens is 1. The maximum atomic E-state index is 14.6. The van der Waals surface area contributed by atoms with Crippen molar-refractivity contribution in [1.29, 1.82) is 0 Å². The lowest BCUT2D eigenvalue weighted by atomic mass is 9.92. The lowest BCUT2D eigenvalue weighted by molar-refractivity contribution is -0.138. The molecule has 1 aliphatic heterocycles. The second-order valence-electron chi connectivity index (χ2n) is 11.4. The predicted octanol–water partition coefficient (Wildman–Crippen LogP) is 6.72. The Balaban J connectivity index is 1.48. The number of ether oxygens (including phenoxy) is 3. The molecule has 0 amide bonds. The van der Waals surface area contributed by atoms with Gasteiger partial charge in [0.2, 0.25) is 0 Å². The van der Waals surface area contributed by atoms with E-state index in [-0.39, 0.29) is 17.7 Å². The molecule has 4 aromatic carbocycles. The van der Waals surface area contributed by atoms with Gasteiger partial charge in [-0.3, -0.25) is 9.36 Å². The Bertz CT molecular complexity index is 2410. The number of para-hydroxylation sites is 1. The molecular formula is C39H32BrN3O5S. The highest BCUT2D eigenvalue weighted by Crippen LogP contribution is 2.40. The summed E-state index contributed by atoms with van der Waals surface area (Å²) in [6.45, 7) is 2.58. The molecule has 1 atom stereocenters. The number of nitrogens with zero attached hydrogens (tertiary/aromatic N) is 3. The summed E-state index contributed by atoms with van der Waals surface area (Å²) >= 11 is 4.80. The third kappa shape index (κ3) is 6.13. The monoisotopic (exact) mass is 733 g/mol. The number of carbonyl (C=O) groups is 1. The lowest BCUT2D eigenvalue weighted by Crippen LogP contribution is -2.40. The van der Waals surface area contributed by atoms with Crippen molar-refractivity contribution in [3.05, 3.63) is 155 Å². The van der Waals surface area contributed by atoms with E-state index >= 15 is 0 Å². The van der Waals surface area contributed by atoms with Gasteiger partial charge in [-0.2, -0.15) is 0 Å². The number of aromatic nitrogens is 2. The number of methoxy groups -OCH3 is 2. The smallest absolute Gasteiger partial charge is 0.338 e. The van der Waals surface area contributed by atoms with Crippen LogP contribution in [0.4, 0.5) is 0 Å². The van der Waals surface area contributed by atoms with E-state index in [1.54, 1.807) is 43.9 Å². The van der Waals surface area contributed by atoms with Crippen LogP contribution in [0.1, 0.15) is 35.2 Å². The molecule has 0 N–H and O–H groups in total. The number of fused-ring (bicyclic) bond motifs is 2. The van der Waals surface area contributed by atoms with Crippen LogP contribution in [0.5, 0.6) is 11.5 Å². The van der Waals surface area contributed by atoms with E-state index in [1.165, 1.54) is 11.3 Å². The first-order chi connectivity index (χ1) is 23.9. The van der Waals surface area contributed by atoms with E-state index in [9.17, 15) is 9.59 Å². The Kier molecular flexibility index (Phi) is 9.07. The summed E-state index contributed by atoms with van der Waals surface area (Å²) in [5.41, 5.74) is 4.82. The van der Waals surface area contributed by atoms with Gasteiger partial charge in [0, 0.05) is 44.8 Å². The van der Waals surface area contributed by atoms with Gasteiger partial charge in [-0.1, -0.05) is 87.9 Å². The molecule has 1 aliphatic rings. The molecule has 49 heavy (non-hydrogen) atoms. The van der Waals surface area contributed by atoms with Crippen LogP contribution in [0, 0.1) is 0 Å². The molecule has 3 heterocycles. The molecule has 0 fully saturated rings. The highest BCUT2D eigenvalue weighted by Gasteiger charge is 2.37. The van der Waals surface area contributed by atoms with Crippen LogP contribution in [-0.2, 0) is 16.1 Å². The number of rotatable bonds is 9. The van der Waals surface area contributed by atoms with Gasteiger partial charge in [-0.05, 0) is 55.0 Å². The number of hydrogen-bond donors (Lipinski definition) is 0. The average Bonchev–Trinajstić information content (AvgIpc) is 3.64. The summed E-state index contributed by atoms with van der Waals surface area (Å²) in [6.07, 6.45) is 3.99. The SMILES string of the molecule is CCOC(=O)C1=C(c2ccccc2)N=c2s/c(=C/c3cn(Cc4ccc(Br)cc4)c4ccccc34)c(=O)n2[C@@H]1c1cc(OC)ccc1OC. The average molecular weight is 735 g/mol. The molecule has 0 spiro atoms. The predicted molar refractivity (Wildman–Crippen MR) is 196 cm³/mol. The molecular weight excluding hydrogens is 702 g/mol. The van der Waals surface area contributed by atoms with Gasteiger partial charge in [0.15, 0.2) is 4.80 Å². The molecule has 246 valence electrons. The second kappa shape index (κ2) is 13.7. The minimum absolute atomic E-state index is 0.154. The van der Waals surface area contributed by atoms with E-state index in [1.807, 2.05) is 60.7 Å². The third-order valence-corrected chi connectivity index (χ3v) is 9.99. The Morgan fingerprint density at radius 3 is 2.45 bits per heavy atom. The summed E-state index contributed by atoms with van der Waals surface area (Å²) in [4.78, 5) is 34.0. The van der Waals surface area contributed by atoms with E-state index in [0.717, 1.165) is 32.1 Å². The fourth-order valence-corrected chi connectivity index (χ4v) is 7.49. The van der Waals surface area contributed by atoms with Crippen LogP contribution in [0.15, 0.2) is 123 Å². The zero-order chi connectivity index (χ0) is 34.1. The number of carbonyl (C=O) groups excluding carboxylic acids is 1. The van der Waals surface area contributed by atoms with Gasteiger partial charge < -0.3 is 18.8 Å². The van der Waals surface area contributed by atoms with Crippen molar-refractivity contribution in [2.75, 3.05) is 20.8 Å². The quantitative estimate of drug-likeness (QED) is 0.154. The van der Waals surface area contributed by atoms with Crippen LogP contribution in [-0.4, -0.2) is 35.9 Å². The maximum Gasteiger partial charge on any atom is 0.338 e. The van der Waals surface area contributed by atoms with Crippen molar-refractivity contribution in [3.8, 4) is 11.5 Å².